The van der Waals surface area contributed by atoms with Crippen LogP contribution in [0.4, 0.5) is 4.79 Å². The third kappa shape index (κ3) is 5.95. The number of hydrogen-bond acceptors (Lipinski definition) is 6. The lowest BCUT2D eigenvalue weighted by atomic mass is 10.2. The van der Waals surface area contributed by atoms with E-state index in [9.17, 15) is 4.79 Å². The van der Waals surface area contributed by atoms with Crippen molar-refractivity contribution in [2.24, 2.45) is 10.3 Å². The zero-order valence-electron chi connectivity index (χ0n) is 18.2. The van der Waals surface area contributed by atoms with E-state index in [4.69, 9.17) is 19.5 Å². The number of urea groups is 1. The molecule has 0 aromatic rings. The summed E-state index contributed by atoms with van der Waals surface area (Å²) in [6, 6.07) is -0.394. The van der Waals surface area contributed by atoms with Crippen molar-refractivity contribution in [3.05, 3.63) is 22.7 Å². The van der Waals surface area contributed by atoms with Crippen molar-refractivity contribution >= 4 is 20.1 Å². The largest absolute Gasteiger partial charge is 0.414 e. The molecule has 4 atom stereocenters. The Hall–Kier alpha value is -2.07. The number of nitrogens with zero attached hydrogens (tertiary/aromatic N) is 5. The minimum atomic E-state index is -1.96. The molecule has 1 saturated heterocycles. The first-order valence-electron chi connectivity index (χ1n) is 9.72. The topological polar surface area (TPSA) is 121 Å². The van der Waals surface area contributed by atoms with Gasteiger partial charge in [-0.15, -0.1) is 0 Å². The minimum absolute atomic E-state index is 0.0747. The van der Waals surface area contributed by atoms with Gasteiger partial charge in [0.15, 0.2) is 14.4 Å². The number of carbonyl (C=O) groups is 1. The maximum atomic E-state index is 12.4. The van der Waals surface area contributed by atoms with Gasteiger partial charge in [0.2, 0.25) is 0 Å². The van der Waals surface area contributed by atoms with Crippen molar-refractivity contribution in [3.8, 4) is 0 Å². The molecule has 29 heavy (non-hydrogen) atoms. The van der Waals surface area contributed by atoms with Crippen LogP contribution in [-0.2, 0) is 14.0 Å². The van der Waals surface area contributed by atoms with E-state index in [1.807, 2.05) is 13.8 Å². The Morgan fingerprint density at radius 1 is 1.45 bits per heavy atom. The second-order valence-electron chi connectivity index (χ2n) is 8.97. The van der Waals surface area contributed by atoms with E-state index >= 15 is 0 Å². The van der Waals surface area contributed by atoms with Crippen LogP contribution in [0.3, 0.4) is 0 Å². The van der Waals surface area contributed by atoms with Gasteiger partial charge in [0.25, 0.3) is 0 Å². The number of rotatable bonds is 7. The molecule has 0 saturated carbocycles. The van der Waals surface area contributed by atoms with Crippen LogP contribution in [0.25, 0.3) is 10.4 Å². The lowest BCUT2D eigenvalue weighted by Crippen LogP contribution is -2.49. The number of carbonyl (C=O) groups excluding carboxylic acids is 1. The Balaban J connectivity index is 2.11. The molecule has 1 fully saturated rings. The molecule has 0 aliphatic carbocycles. The summed E-state index contributed by atoms with van der Waals surface area (Å²) in [4.78, 5) is 22.2. The average Bonchev–Trinajstić information content (AvgIpc) is 3.00. The summed E-state index contributed by atoms with van der Waals surface area (Å²) in [5.74, 6) is 0. The maximum absolute atomic E-state index is 12.4. The monoisotopic (exact) mass is 424 g/mol. The second kappa shape index (κ2) is 9.16. The van der Waals surface area contributed by atoms with Gasteiger partial charge in [-0.3, -0.25) is 4.90 Å². The van der Waals surface area contributed by atoms with E-state index in [1.165, 1.54) is 4.90 Å². The predicted octanol–water partition coefficient (Wildman–Crippen LogP) is 4.08. The highest BCUT2D eigenvalue weighted by Crippen LogP contribution is 2.37. The van der Waals surface area contributed by atoms with Gasteiger partial charge in [0.1, 0.15) is 18.5 Å². The third-order valence-corrected chi connectivity index (χ3v) is 9.89. The summed E-state index contributed by atoms with van der Waals surface area (Å²) in [5.41, 5.74) is 9.33. The van der Waals surface area contributed by atoms with Crippen LogP contribution in [0.1, 0.15) is 41.0 Å². The molecular formula is C18H32N6O4Si. The highest BCUT2D eigenvalue weighted by molar-refractivity contribution is 6.74. The molecule has 2 unspecified atom stereocenters. The molecule has 2 heterocycles. The van der Waals surface area contributed by atoms with Crippen LogP contribution in [0.5, 0.6) is 0 Å². The fourth-order valence-electron chi connectivity index (χ4n) is 2.65. The van der Waals surface area contributed by atoms with Crippen molar-refractivity contribution in [1.82, 2.24) is 10.2 Å². The highest BCUT2D eigenvalue weighted by atomic mass is 28.4. The van der Waals surface area contributed by atoms with Crippen molar-refractivity contribution < 1.29 is 18.8 Å². The molecule has 162 valence electrons. The first kappa shape index (κ1) is 23.2. The fraction of sp³-hybridized carbons (Fsp3) is 0.778. The fourth-order valence-corrected chi connectivity index (χ4v) is 3.67. The highest BCUT2D eigenvalue weighted by Gasteiger charge is 2.44. The van der Waals surface area contributed by atoms with Gasteiger partial charge >= 0.3 is 6.03 Å². The van der Waals surface area contributed by atoms with Gasteiger partial charge < -0.3 is 19.3 Å². The predicted molar refractivity (Wildman–Crippen MR) is 113 cm³/mol. The molecule has 2 aliphatic rings. The smallest absolute Gasteiger partial charge is 0.324 e. The number of hydrogen-bond donors (Lipinski definition) is 1. The Morgan fingerprint density at radius 3 is 2.69 bits per heavy atom. The van der Waals surface area contributed by atoms with Gasteiger partial charge in [-0.2, -0.15) is 0 Å². The van der Waals surface area contributed by atoms with E-state index in [0.29, 0.717) is 13.0 Å². The standard InChI is InChI=1S/C18H32N6O4Si/c1-12(2)22-28-13-10-16(24-9-8-15(21-23-19)20-17(24)25)27-14(13)11-26-29(6,7)18(3,4)5/h8-9,13-16H,10-11H2,1-7H3,(H,20,25)/t13?,14-,15?,16-/m1/s1. The molecule has 1 N–H and O–H groups in total. The summed E-state index contributed by atoms with van der Waals surface area (Å²) in [6.07, 6.45) is 1.71. The van der Waals surface area contributed by atoms with Crippen LogP contribution in [0.2, 0.25) is 18.1 Å². The maximum Gasteiger partial charge on any atom is 0.324 e. The Labute approximate surface area is 173 Å². The number of oxime groups is 1. The molecule has 0 aromatic heterocycles. The van der Waals surface area contributed by atoms with Crippen LogP contribution in [0.15, 0.2) is 22.5 Å². The lowest BCUT2D eigenvalue weighted by Gasteiger charge is -2.37. The Kier molecular flexibility index (Phi) is 7.33. The number of ether oxygens (including phenoxy) is 1. The van der Waals surface area contributed by atoms with Gasteiger partial charge in [-0.05, 0) is 43.6 Å². The molecule has 2 aliphatic heterocycles. The lowest BCUT2D eigenvalue weighted by molar-refractivity contribution is -0.0647. The number of azide groups is 1. The summed E-state index contributed by atoms with van der Waals surface area (Å²) in [7, 11) is -1.96. The minimum Gasteiger partial charge on any atom is -0.414 e. The Bertz CT molecular complexity index is 710. The van der Waals surface area contributed by atoms with Gasteiger partial charge in [-0.1, -0.05) is 31.0 Å². The molecule has 0 radical (unpaired) electrons. The molecule has 11 heteroatoms. The van der Waals surface area contributed by atoms with Crippen molar-refractivity contribution in [1.29, 1.82) is 0 Å². The second-order valence-corrected chi connectivity index (χ2v) is 13.8. The van der Waals surface area contributed by atoms with Gasteiger partial charge in [0.05, 0.1) is 12.3 Å². The van der Waals surface area contributed by atoms with Crippen molar-refractivity contribution in [3.63, 3.8) is 0 Å². The molecule has 0 bridgehead atoms. The third-order valence-electron chi connectivity index (χ3n) is 5.39. The Morgan fingerprint density at radius 2 is 2.14 bits per heavy atom. The molecule has 2 rings (SSSR count). The van der Waals surface area contributed by atoms with Gasteiger partial charge in [-0.25, -0.2) is 4.79 Å². The first-order valence-corrected chi connectivity index (χ1v) is 12.6. The zero-order chi connectivity index (χ0) is 21.8. The molecule has 0 spiro atoms. The SMILES string of the molecule is CC(C)=NOC1C[C@H](N2C=CC(N=[N+]=[N-])NC2=O)O[C@@H]1CO[Si](C)(C)C(C)(C)C. The van der Waals surface area contributed by atoms with Crippen LogP contribution in [0, 0.1) is 0 Å². The zero-order valence-corrected chi connectivity index (χ0v) is 19.2. The molecular weight excluding hydrogens is 392 g/mol. The normalized spacial score (nSPS) is 27.3. The molecule has 2 amide bonds. The number of nitrogens with one attached hydrogen (secondary N) is 1. The van der Waals surface area contributed by atoms with E-state index in [0.717, 1.165) is 5.71 Å². The van der Waals surface area contributed by atoms with Gasteiger partial charge in [0, 0.05) is 17.5 Å². The summed E-state index contributed by atoms with van der Waals surface area (Å²) in [6.45, 7) is 15.0. The number of amides is 2. The van der Waals surface area contributed by atoms with E-state index in [1.54, 1.807) is 12.3 Å². The van der Waals surface area contributed by atoms with Crippen LogP contribution in [-0.4, -0.2) is 56.2 Å². The first-order chi connectivity index (χ1) is 13.4. The van der Waals surface area contributed by atoms with Crippen LogP contribution < -0.4 is 5.32 Å². The average molecular weight is 425 g/mol. The van der Waals surface area contributed by atoms with Crippen LogP contribution >= 0.6 is 0 Å². The van der Waals surface area contributed by atoms with E-state index < -0.39 is 26.7 Å². The summed E-state index contributed by atoms with van der Waals surface area (Å²) in [5, 5.41) is 10.3. The summed E-state index contributed by atoms with van der Waals surface area (Å²) < 4.78 is 12.5. The molecule has 10 nitrogen and oxygen atoms in total. The van der Waals surface area contributed by atoms with E-state index in [-0.39, 0.29) is 17.2 Å². The summed E-state index contributed by atoms with van der Waals surface area (Å²) >= 11 is 0. The van der Waals surface area contributed by atoms with Crippen molar-refractivity contribution in [2.75, 3.05) is 6.61 Å². The molecule has 0 aromatic carbocycles. The van der Waals surface area contributed by atoms with E-state index in [2.05, 4.69) is 54.4 Å². The van der Waals surface area contributed by atoms with Crippen molar-refractivity contribution in [2.45, 2.75) is 83.8 Å². The quantitative estimate of drug-likeness (QED) is 0.165.